The highest BCUT2D eigenvalue weighted by Crippen LogP contribution is 2.36. The van der Waals surface area contributed by atoms with E-state index in [0.717, 1.165) is 19.8 Å². The van der Waals surface area contributed by atoms with Crippen molar-refractivity contribution in [2.24, 2.45) is 0 Å². The molecule has 2 aromatic carbocycles. The fourth-order valence-corrected chi connectivity index (χ4v) is 1.98. The molecule has 133 valence electrons. The number of hydrogen-bond donors (Lipinski definition) is 0. The van der Waals surface area contributed by atoms with E-state index in [4.69, 9.17) is 28.3 Å². The Morgan fingerprint density at radius 2 is 1.04 bits per heavy atom. The van der Waals surface area contributed by atoms with Crippen molar-refractivity contribution in [2.75, 3.05) is 28.4 Å². The van der Waals surface area contributed by atoms with Crippen LogP contribution in [0.3, 0.4) is 0 Å². The highest BCUT2D eigenvalue weighted by Gasteiger charge is 2.19. The van der Waals surface area contributed by atoms with Crippen molar-refractivity contribution >= 4 is 7.69 Å². The molecule has 0 saturated heterocycles. The van der Waals surface area contributed by atoms with Crippen molar-refractivity contribution < 1.29 is 37.0 Å². The van der Waals surface area contributed by atoms with Gasteiger partial charge in [0.05, 0.1) is 28.4 Å². The molecule has 0 atom stereocenters. The van der Waals surface area contributed by atoms with E-state index in [-0.39, 0.29) is 34.5 Å². The monoisotopic (exact) mass is 353 g/mol. The fourth-order valence-electron chi connectivity index (χ4n) is 1.98. The van der Waals surface area contributed by atoms with Gasteiger partial charge in [0, 0.05) is 24.3 Å². The molecule has 0 fully saturated rings. The molecule has 9 heteroatoms. The van der Waals surface area contributed by atoms with Crippen molar-refractivity contribution in [3.8, 4) is 34.5 Å². The molecule has 25 heavy (non-hydrogen) atoms. The molecular weight excluding hydrogens is 337 g/mol. The van der Waals surface area contributed by atoms with Crippen LogP contribution in [0.2, 0.25) is 0 Å². The summed E-state index contributed by atoms with van der Waals surface area (Å²) < 4.78 is 58.3. The SMILES string of the molecule is COc1cc(F)c(O[B]Oc2c(F)cc(OC)cc2OC)c(OC)c1. The van der Waals surface area contributed by atoms with Crippen LogP contribution in [0.4, 0.5) is 8.78 Å². The quantitative estimate of drug-likeness (QED) is 0.680. The summed E-state index contributed by atoms with van der Waals surface area (Å²) in [6, 6.07) is 5.09. The molecule has 2 aromatic rings. The summed E-state index contributed by atoms with van der Waals surface area (Å²) in [6.07, 6.45) is 0. The Labute approximate surface area is 144 Å². The largest absolute Gasteiger partial charge is 0.658 e. The summed E-state index contributed by atoms with van der Waals surface area (Å²) in [5.41, 5.74) is 0. The molecule has 0 aromatic heterocycles. The Hall–Kier alpha value is -2.84. The Balaban J connectivity index is 2.16. The maximum atomic E-state index is 14.1. The zero-order valence-electron chi connectivity index (χ0n) is 14.1. The number of benzene rings is 2. The fraction of sp³-hybridized carbons (Fsp3) is 0.250. The van der Waals surface area contributed by atoms with Gasteiger partial charge in [0.15, 0.2) is 34.6 Å². The molecule has 0 heterocycles. The van der Waals surface area contributed by atoms with Crippen LogP contribution >= 0.6 is 0 Å². The lowest BCUT2D eigenvalue weighted by Crippen LogP contribution is -2.14. The summed E-state index contributed by atoms with van der Waals surface area (Å²) >= 11 is 0. The van der Waals surface area contributed by atoms with Crippen LogP contribution in [0.25, 0.3) is 0 Å². The van der Waals surface area contributed by atoms with Crippen molar-refractivity contribution in [1.82, 2.24) is 0 Å². The first-order valence-electron chi connectivity index (χ1n) is 7.02. The molecule has 0 amide bonds. The Morgan fingerprint density at radius 3 is 1.36 bits per heavy atom. The van der Waals surface area contributed by atoms with E-state index in [1.54, 1.807) is 0 Å². The third kappa shape index (κ3) is 4.17. The number of methoxy groups -OCH3 is 4. The summed E-state index contributed by atoms with van der Waals surface area (Å²) in [5.74, 6) is -1.28. The number of halogens is 2. The highest BCUT2D eigenvalue weighted by atomic mass is 19.1. The molecule has 0 N–H and O–H groups in total. The summed E-state index contributed by atoms with van der Waals surface area (Å²) in [6.45, 7) is 0. The third-order valence-corrected chi connectivity index (χ3v) is 3.21. The molecule has 0 bridgehead atoms. The van der Waals surface area contributed by atoms with Gasteiger partial charge in [-0.2, -0.15) is 0 Å². The van der Waals surface area contributed by atoms with Crippen molar-refractivity contribution in [2.45, 2.75) is 0 Å². The molecule has 0 aliphatic carbocycles. The average Bonchev–Trinajstić information content (AvgIpc) is 2.63. The van der Waals surface area contributed by atoms with Crippen LogP contribution < -0.4 is 28.3 Å². The van der Waals surface area contributed by atoms with E-state index in [1.807, 2.05) is 0 Å². The average molecular weight is 353 g/mol. The van der Waals surface area contributed by atoms with Crippen LogP contribution in [0.5, 0.6) is 34.5 Å². The lowest BCUT2D eigenvalue weighted by Gasteiger charge is -2.14. The summed E-state index contributed by atoms with van der Waals surface area (Å²) in [4.78, 5) is 0. The molecule has 0 unspecified atom stereocenters. The van der Waals surface area contributed by atoms with Gasteiger partial charge < -0.3 is 28.3 Å². The second kappa shape index (κ2) is 8.32. The van der Waals surface area contributed by atoms with Gasteiger partial charge in [0.2, 0.25) is 0 Å². The minimum atomic E-state index is -0.738. The Morgan fingerprint density at radius 1 is 0.640 bits per heavy atom. The van der Waals surface area contributed by atoms with Gasteiger partial charge in [-0.15, -0.1) is 0 Å². The lowest BCUT2D eigenvalue weighted by atomic mass is 10.2. The van der Waals surface area contributed by atoms with Crippen LogP contribution in [0.1, 0.15) is 0 Å². The van der Waals surface area contributed by atoms with Crippen LogP contribution in [0, 0.1) is 11.6 Å². The maximum absolute atomic E-state index is 14.1. The molecule has 0 aliphatic rings. The summed E-state index contributed by atoms with van der Waals surface area (Å²) in [5, 5.41) is 0. The maximum Gasteiger partial charge on any atom is 0.658 e. The van der Waals surface area contributed by atoms with Crippen molar-refractivity contribution in [3.63, 3.8) is 0 Å². The predicted octanol–water partition coefficient (Wildman–Crippen LogP) is 2.99. The zero-order chi connectivity index (χ0) is 18.4. The first-order valence-corrected chi connectivity index (χ1v) is 7.02. The first kappa shape index (κ1) is 18.5. The molecule has 0 saturated carbocycles. The van der Waals surface area contributed by atoms with Gasteiger partial charge in [-0.3, -0.25) is 0 Å². The van der Waals surface area contributed by atoms with Gasteiger partial charge in [-0.05, 0) is 0 Å². The predicted molar refractivity (Wildman–Crippen MR) is 86.0 cm³/mol. The highest BCUT2D eigenvalue weighted by molar-refractivity contribution is 6.21. The van der Waals surface area contributed by atoms with Gasteiger partial charge in [0.1, 0.15) is 11.5 Å². The molecular formula is C16H16BF2O6. The lowest BCUT2D eigenvalue weighted by molar-refractivity contribution is 0.344. The number of ether oxygens (including phenoxy) is 4. The normalized spacial score (nSPS) is 10.0. The minimum Gasteiger partial charge on any atom is -0.522 e. The van der Waals surface area contributed by atoms with Gasteiger partial charge >= 0.3 is 7.69 Å². The number of hydrogen-bond acceptors (Lipinski definition) is 6. The second-order valence-electron chi connectivity index (χ2n) is 4.61. The van der Waals surface area contributed by atoms with Gasteiger partial charge in [-0.25, -0.2) is 8.78 Å². The van der Waals surface area contributed by atoms with Crippen LogP contribution in [0.15, 0.2) is 24.3 Å². The molecule has 6 nitrogen and oxygen atoms in total. The molecule has 2 rings (SSSR count). The van der Waals surface area contributed by atoms with Gasteiger partial charge in [0.25, 0.3) is 0 Å². The second-order valence-corrected chi connectivity index (χ2v) is 4.61. The summed E-state index contributed by atoms with van der Waals surface area (Å²) in [7, 11) is 6.23. The smallest absolute Gasteiger partial charge is 0.522 e. The topological polar surface area (TPSA) is 55.4 Å². The molecule has 1 radical (unpaired) electrons. The van der Waals surface area contributed by atoms with Crippen molar-refractivity contribution in [1.29, 1.82) is 0 Å². The Bertz CT molecular complexity index is 680. The van der Waals surface area contributed by atoms with Crippen LogP contribution in [-0.2, 0) is 0 Å². The van der Waals surface area contributed by atoms with E-state index < -0.39 is 11.6 Å². The zero-order valence-corrected chi connectivity index (χ0v) is 14.1. The third-order valence-electron chi connectivity index (χ3n) is 3.21. The molecule has 0 aliphatic heterocycles. The van der Waals surface area contributed by atoms with E-state index in [1.165, 1.54) is 40.6 Å². The molecule has 0 spiro atoms. The van der Waals surface area contributed by atoms with Gasteiger partial charge in [-0.1, -0.05) is 0 Å². The number of rotatable bonds is 8. The van der Waals surface area contributed by atoms with E-state index in [2.05, 4.69) is 0 Å². The van der Waals surface area contributed by atoms with E-state index in [0.29, 0.717) is 0 Å². The van der Waals surface area contributed by atoms with Crippen LogP contribution in [-0.4, -0.2) is 36.1 Å². The minimum absolute atomic E-state index is 0.0823. The Kier molecular flexibility index (Phi) is 6.16. The van der Waals surface area contributed by atoms with Crippen molar-refractivity contribution in [3.05, 3.63) is 35.9 Å². The van der Waals surface area contributed by atoms with E-state index >= 15 is 0 Å². The standard InChI is InChI=1S/C16H16BF2O6/c1-20-9-5-11(18)15(13(7-9)22-3)24-17-25-16-12(19)6-10(21-2)8-14(16)23-4/h5-8H,1-4H3. The first-order chi connectivity index (χ1) is 12.0. The van der Waals surface area contributed by atoms with E-state index in [9.17, 15) is 8.78 Å².